The number of pyridine rings is 1. The first-order valence-electron chi connectivity index (χ1n) is 4.85. The first kappa shape index (κ1) is 10.5. The van der Waals surface area contributed by atoms with Gasteiger partial charge >= 0.3 is 0 Å². The molecular weight excluding hydrogens is 199 g/mol. The smallest absolute Gasteiger partial charge is 0.159 e. The molecule has 0 radical (unpaired) electrons. The van der Waals surface area contributed by atoms with Crippen LogP contribution in [0.2, 0.25) is 0 Å². The van der Waals surface area contributed by atoms with Crippen LogP contribution in [0.25, 0.3) is 0 Å². The van der Waals surface area contributed by atoms with E-state index in [0.29, 0.717) is 25.2 Å². The highest BCUT2D eigenvalue weighted by atomic mass is 19.1. The largest absolute Gasteiger partial charge is 0.350 e. The highest BCUT2D eigenvalue weighted by Gasteiger charge is 2.20. The number of rotatable bonds is 3. The Kier molecular flexibility index (Phi) is 3.25. The van der Waals surface area contributed by atoms with E-state index in [2.05, 4.69) is 4.98 Å². The Balaban J connectivity index is 1.97. The van der Waals surface area contributed by atoms with Crippen LogP contribution >= 0.6 is 0 Å². The molecule has 2 N–H and O–H groups in total. The topological polar surface area (TPSA) is 57.4 Å². The Bertz CT molecular complexity index is 329. The van der Waals surface area contributed by atoms with E-state index in [1.807, 2.05) is 0 Å². The van der Waals surface area contributed by atoms with Gasteiger partial charge in [-0.05, 0) is 11.6 Å². The Morgan fingerprint density at radius 1 is 1.47 bits per heavy atom. The number of aromatic nitrogens is 1. The summed E-state index contributed by atoms with van der Waals surface area (Å²) in [6.45, 7) is 1.19. The highest BCUT2D eigenvalue weighted by Crippen LogP contribution is 2.19. The van der Waals surface area contributed by atoms with Gasteiger partial charge in [0.15, 0.2) is 6.29 Å². The van der Waals surface area contributed by atoms with Crippen molar-refractivity contribution in [1.82, 2.24) is 4.98 Å². The zero-order chi connectivity index (χ0) is 10.7. The number of nitrogens with zero attached hydrogens (tertiary/aromatic N) is 1. The van der Waals surface area contributed by atoms with E-state index < -0.39 is 0 Å². The molecule has 1 atom stereocenters. The molecule has 1 aliphatic heterocycles. The zero-order valence-corrected chi connectivity index (χ0v) is 8.23. The summed E-state index contributed by atoms with van der Waals surface area (Å²) in [6.07, 6.45) is 2.95. The number of nitrogens with two attached hydrogens (primary N) is 1. The monoisotopic (exact) mass is 212 g/mol. The van der Waals surface area contributed by atoms with Crippen molar-refractivity contribution in [3.63, 3.8) is 0 Å². The average molecular weight is 212 g/mol. The highest BCUT2D eigenvalue weighted by molar-refractivity contribution is 5.14. The van der Waals surface area contributed by atoms with E-state index in [4.69, 9.17) is 15.2 Å². The van der Waals surface area contributed by atoms with Crippen LogP contribution in [-0.4, -0.2) is 24.5 Å². The molecule has 15 heavy (non-hydrogen) atoms. The maximum absolute atomic E-state index is 12.9. The summed E-state index contributed by atoms with van der Waals surface area (Å²) in [5.74, 6) is -0.379. The second-order valence-corrected chi connectivity index (χ2v) is 3.45. The van der Waals surface area contributed by atoms with Gasteiger partial charge in [0, 0.05) is 18.7 Å². The first-order valence-corrected chi connectivity index (χ1v) is 4.85. The van der Waals surface area contributed by atoms with Crippen LogP contribution in [0.3, 0.4) is 0 Å². The quantitative estimate of drug-likeness (QED) is 0.811. The van der Waals surface area contributed by atoms with Crippen LogP contribution in [0.1, 0.15) is 18.0 Å². The lowest BCUT2D eigenvalue weighted by atomic mass is 10.1. The molecule has 82 valence electrons. The fourth-order valence-corrected chi connectivity index (χ4v) is 1.52. The molecule has 0 amide bonds. The molecule has 2 rings (SSSR count). The van der Waals surface area contributed by atoms with E-state index in [9.17, 15) is 4.39 Å². The summed E-state index contributed by atoms with van der Waals surface area (Å²) in [4.78, 5) is 3.74. The SMILES string of the molecule is NC(CC1OCCO1)c1cncc(F)c1. The molecule has 1 unspecified atom stereocenters. The van der Waals surface area contributed by atoms with E-state index >= 15 is 0 Å². The summed E-state index contributed by atoms with van der Waals surface area (Å²) in [5, 5.41) is 0. The lowest BCUT2D eigenvalue weighted by molar-refractivity contribution is -0.0508. The minimum Gasteiger partial charge on any atom is -0.350 e. The van der Waals surface area contributed by atoms with Gasteiger partial charge in [-0.3, -0.25) is 4.98 Å². The van der Waals surface area contributed by atoms with Gasteiger partial charge in [-0.2, -0.15) is 0 Å². The summed E-state index contributed by atoms with van der Waals surface area (Å²) in [6, 6.07) is 1.07. The van der Waals surface area contributed by atoms with Crippen LogP contribution in [0.15, 0.2) is 18.5 Å². The average Bonchev–Trinajstić information content (AvgIpc) is 2.70. The number of hydrogen-bond acceptors (Lipinski definition) is 4. The molecule has 1 aromatic rings. The maximum atomic E-state index is 12.9. The third-order valence-electron chi connectivity index (χ3n) is 2.29. The summed E-state index contributed by atoms with van der Waals surface area (Å²) in [7, 11) is 0. The van der Waals surface area contributed by atoms with Crippen LogP contribution < -0.4 is 5.73 Å². The molecule has 0 spiro atoms. The first-order chi connectivity index (χ1) is 7.25. The molecule has 1 aromatic heterocycles. The van der Waals surface area contributed by atoms with Crippen molar-refractivity contribution in [2.75, 3.05) is 13.2 Å². The number of halogens is 1. The summed E-state index contributed by atoms with van der Waals surface area (Å²) in [5.41, 5.74) is 6.54. The normalized spacial score (nSPS) is 19.3. The Morgan fingerprint density at radius 3 is 2.87 bits per heavy atom. The maximum Gasteiger partial charge on any atom is 0.159 e. The van der Waals surface area contributed by atoms with Crippen molar-refractivity contribution in [2.45, 2.75) is 18.8 Å². The molecule has 2 heterocycles. The Hall–Kier alpha value is -1.04. The Labute approximate surface area is 87.2 Å². The van der Waals surface area contributed by atoms with Crippen molar-refractivity contribution in [3.8, 4) is 0 Å². The molecule has 0 aromatic carbocycles. The molecule has 0 bridgehead atoms. The molecule has 0 aliphatic carbocycles. The van der Waals surface area contributed by atoms with Gasteiger partial charge in [0.25, 0.3) is 0 Å². The van der Waals surface area contributed by atoms with Crippen molar-refractivity contribution < 1.29 is 13.9 Å². The number of hydrogen-bond donors (Lipinski definition) is 1. The predicted octanol–water partition coefficient (Wildman–Crippen LogP) is 0.983. The minimum absolute atomic E-state index is 0.275. The Morgan fingerprint density at radius 2 is 2.20 bits per heavy atom. The van der Waals surface area contributed by atoms with Gasteiger partial charge < -0.3 is 15.2 Å². The third kappa shape index (κ3) is 2.71. The van der Waals surface area contributed by atoms with Gasteiger partial charge in [0.05, 0.1) is 19.4 Å². The summed E-state index contributed by atoms with van der Waals surface area (Å²) >= 11 is 0. The predicted molar refractivity (Wildman–Crippen MR) is 51.4 cm³/mol. The van der Waals surface area contributed by atoms with Gasteiger partial charge in [-0.25, -0.2) is 4.39 Å². The molecule has 1 fully saturated rings. The van der Waals surface area contributed by atoms with Gasteiger partial charge in [-0.15, -0.1) is 0 Å². The zero-order valence-electron chi connectivity index (χ0n) is 8.23. The fourth-order valence-electron chi connectivity index (χ4n) is 1.52. The van der Waals surface area contributed by atoms with E-state index in [1.54, 1.807) is 6.20 Å². The molecule has 4 nitrogen and oxygen atoms in total. The standard InChI is InChI=1S/C10H13FN2O2/c11-8-3-7(5-13-6-8)9(12)4-10-14-1-2-15-10/h3,5-6,9-10H,1-2,4,12H2. The third-order valence-corrected chi connectivity index (χ3v) is 2.29. The van der Waals surface area contributed by atoms with Gasteiger partial charge in [0.1, 0.15) is 5.82 Å². The lowest BCUT2D eigenvalue weighted by Gasteiger charge is -2.15. The number of ether oxygens (including phenoxy) is 2. The molecule has 1 aliphatic rings. The summed E-state index contributed by atoms with van der Waals surface area (Å²) < 4.78 is 23.4. The molecule has 5 heteroatoms. The van der Waals surface area contributed by atoms with E-state index in [1.165, 1.54) is 6.07 Å². The second-order valence-electron chi connectivity index (χ2n) is 3.45. The van der Waals surface area contributed by atoms with Gasteiger partial charge in [-0.1, -0.05) is 0 Å². The van der Waals surface area contributed by atoms with E-state index in [-0.39, 0.29) is 18.1 Å². The second kappa shape index (κ2) is 4.65. The molecular formula is C10H13FN2O2. The van der Waals surface area contributed by atoms with Crippen molar-refractivity contribution >= 4 is 0 Å². The van der Waals surface area contributed by atoms with Crippen LogP contribution in [-0.2, 0) is 9.47 Å². The van der Waals surface area contributed by atoms with Crippen molar-refractivity contribution in [2.24, 2.45) is 5.73 Å². The van der Waals surface area contributed by atoms with Crippen LogP contribution in [0, 0.1) is 5.82 Å². The van der Waals surface area contributed by atoms with Gasteiger partial charge in [0.2, 0.25) is 0 Å². The molecule has 0 saturated carbocycles. The van der Waals surface area contributed by atoms with Crippen LogP contribution in [0.4, 0.5) is 4.39 Å². The van der Waals surface area contributed by atoms with E-state index in [0.717, 1.165) is 6.20 Å². The van der Waals surface area contributed by atoms with Crippen molar-refractivity contribution in [3.05, 3.63) is 29.8 Å². The van der Waals surface area contributed by atoms with Crippen molar-refractivity contribution in [1.29, 1.82) is 0 Å². The van der Waals surface area contributed by atoms with Crippen LogP contribution in [0.5, 0.6) is 0 Å². The molecule has 1 saturated heterocycles. The minimum atomic E-state index is -0.379. The lowest BCUT2D eigenvalue weighted by Crippen LogP contribution is -2.19. The fraction of sp³-hybridized carbons (Fsp3) is 0.500.